The van der Waals surface area contributed by atoms with E-state index in [9.17, 15) is 0 Å². The third-order valence-electron chi connectivity index (χ3n) is 2.49. The van der Waals surface area contributed by atoms with Crippen LogP contribution in [0.25, 0.3) is 0 Å². The van der Waals surface area contributed by atoms with Crippen LogP contribution in [0.4, 0.5) is 5.95 Å². The van der Waals surface area contributed by atoms with Crippen molar-refractivity contribution in [3.8, 4) is 0 Å². The predicted octanol–water partition coefficient (Wildman–Crippen LogP) is 1.16. The number of anilines is 1. The Bertz CT molecular complexity index is 564. The van der Waals surface area contributed by atoms with Crippen molar-refractivity contribution < 1.29 is 0 Å². The van der Waals surface area contributed by atoms with E-state index < -0.39 is 0 Å². The molecule has 2 aromatic rings. The van der Waals surface area contributed by atoms with Gasteiger partial charge in [-0.3, -0.25) is 5.41 Å². The highest BCUT2D eigenvalue weighted by Gasteiger charge is 2.10. The zero-order valence-electron chi connectivity index (χ0n) is 10.2. The summed E-state index contributed by atoms with van der Waals surface area (Å²) in [4.78, 5) is 15.7. The molecule has 3 N–H and O–H groups in total. The topological polar surface area (TPSA) is 91.8 Å². The van der Waals surface area contributed by atoms with Gasteiger partial charge in [-0.15, -0.1) is 11.3 Å². The third kappa shape index (κ3) is 2.62. The number of nitrogens with two attached hydrogens (primary N) is 1. The van der Waals surface area contributed by atoms with E-state index >= 15 is 0 Å². The molecule has 0 saturated carbocycles. The molecule has 7 heteroatoms. The normalized spacial score (nSPS) is 10.3. The lowest BCUT2D eigenvalue weighted by molar-refractivity contribution is 0.867. The Hall–Kier alpha value is -2.02. The fourth-order valence-corrected chi connectivity index (χ4v) is 2.28. The number of nitrogen functional groups attached to an aromatic ring is 1. The first kappa shape index (κ1) is 12.4. The fourth-order valence-electron chi connectivity index (χ4n) is 1.45. The largest absolute Gasteiger partial charge is 0.382 e. The Labute approximate surface area is 109 Å². The van der Waals surface area contributed by atoms with Crippen molar-refractivity contribution in [2.75, 3.05) is 11.9 Å². The highest BCUT2D eigenvalue weighted by atomic mass is 32.1. The number of aryl methyl sites for hydroxylation is 1. The molecule has 0 aliphatic rings. The molecule has 0 radical (unpaired) electrons. The van der Waals surface area contributed by atoms with Gasteiger partial charge < -0.3 is 10.6 Å². The first-order chi connectivity index (χ1) is 8.58. The van der Waals surface area contributed by atoms with Gasteiger partial charge >= 0.3 is 0 Å². The molecule has 2 heterocycles. The molecule has 6 nitrogen and oxygen atoms in total. The molecule has 2 aromatic heterocycles. The summed E-state index contributed by atoms with van der Waals surface area (Å²) in [6, 6.07) is 1.62. The molecule has 2 rings (SSSR count). The summed E-state index contributed by atoms with van der Waals surface area (Å²) in [5.41, 5.74) is 8.69. The number of thiazole rings is 1. The third-order valence-corrected chi connectivity index (χ3v) is 3.41. The quantitative estimate of drug-likeness (QED) is 0.637. The number of nitrogens with zero attached hydrogens (tertiary/aromatic N) is 4. The van der Waals surface area contributed by atoms with Crippen LogP contribution in [-0.2, 0) is 6.54 Å². The summed E-state index contributed by atoms with van der Waals surface area (Å²) >= 11 is 1.61. The van der Waals surface area contributed by atoms with Crippen LogP contribution in [0.2, 0.25) is 0 Å². The van der Waals surface area contributed by atoms with Gasteiger partial charge in [0.05, 0.1) is 17.7 Å². The van der Waals surface area contributed by atoms with Gasteiger partial charge in [-0.1, -0.05) is 0 Å². The Kier molecular flexibility index (Phi) is 3.52. The van der Waals surface area contributed by atoms with Crippen molar-refractivity contribution >= 4 is 23.1 Å². The number of nitrogens with one attached hydrogen (secondary N) is 1. The molecule has 0 fully saturated rings. The van der Waals surface area contributed by atoms with Crippen molar-refractivity contribution in [1.82, 2.24) is 15.0 Å². The lowest BCUT2D eigenvalue weighted by atomic mass is 10.3. The van der Waals surface area contributed by atoms with E-state index in [1.165, 1.54) is 4.88 Å². The number of amidine groups is 1. The molecule has 0 unspecified atom stereocenters. The smallest absolute Gasteiger partial charge is 0.226 e. The van der Waals surface area contributed by atoms with Crippen molar-refractivity contribution in [2.24, 2.45) is 5.73 Å². The Balaban J connectivity index is 2.18. The SMILES string of the molecule is Cc1ncsc1CN(C)c1nccc(C(=N)N)n1. The van der Waals surface area contributed by atoms with Crippen molar-refractivity contribution in [3.05, 3.63) is 34.0 Å². The minimum absolute atomic E-state index is 0.0546. The minimum Gasteiger partial charge on any atom is -0.382 e. The predicted molar refractivity (Wildman–Crippen MR) is 72.0 cm³/mol. The summed E-state index contributed by atoms with van der Waals surface area (Å²) < 4.78 is 0. The van der Waals surface area contributed by atoms with Gasteiger partial charge in [0.2, 0.25) is 5.95 Å². The average Bonchev–Trinajstić information content (AvgIpc) is 2.75. The zero-order valence-corrected chi connectivity index (χ0v) is 11.0. The van der Waals surface area contributed by atoms with Gasteiger partial charge in [0, 0.05) is 18.1 Å². The second kappa shape index (κ2) is 5.09. The highest BCUT2D eigenvalue weighted by molar-refractivity contribution is 7.09. The zero-order chi connectivity index (χ0) is 13.1. The molecule has 0 aromatic carbocycles. The Morgan fingerprint density at radius 3 is 2.89 bits per heavy atom. The van der Waals surface area contributed by atoms with Crippen molar-refractivity contribution in [3.63, 3.8) is 0 Å². The van der Waals surface area contributed by atoms with Crippen LogP contribution in [0.5, 0.6) is 0 Å². The van der Waals surface area contributed by atoms with Gasteiger partial charge in [-0.2, -0.15) is 0 Å². The van der Waals surface area contributed by atoms with Gasteiger partial charge in [0.25, 0.3) is 0 Å². The Morgan fingerprint density at radius 1 is 1.50 bits per heavy atom. The second-order valence-electron chi connectivity index (χ2n) is 3.87. The highest BCUT2D eigenvalue weighted by Crippen LogP contribution is 2.16. The maximum absolute atomic E-state index is 7.36. The van der Waals surface area contributed by atoms with Gasteiger partial charge in [-0.25, -0.2) is 15.0 Å². The molecule has 0 amide bonds. The van der Waals surface area contributed by atoms with Crippen LogP contribution >= 0.6 is 11.3 Å². The summed E-state index contributed by atoms with van der Waals surface area (Å²) in [6.45, 7) is 2.67. The van der Waals surface area contributed by atoms with E-state index in [1.54, 1.807) is 23.6 Å². The first-order valence-corrected chi connectivity index (χ1v) is 6.23. The standard InChI is InChI=1S/C11H14N6S/c1-7-9(18-6-15-7)5-17(2)11-14-4-3-8(16-11)10(12)13/h3-4,6H,5H2,1-2H3,(H3,12,13). The average molecular weight is 262 g/mol. The summed E-state index contributed by atoms with van der Waals surface area (Å²) in [7, 11) is 1.90. The molecule has 0 aliphatic heterocycles. The van der Waals surface area contributed by atoms with E-state index in [0.717, 1.165) is 5.69 Å². The van der Waals surface area contributed by atoms with E-state index in [1.807, 2.05) is 24.4 Å². The van der Waals surface area contributed by atoms with Gasteiger partial charge in [0.15, 0.2) is 0 Å². The monoisotopic (exact) mass is 262 g/mol. The molecule has 0 atom stereocenters. The summed E-state index contributed by atoms with van der Waals surface area (Å²) in [5, 5.41) is 7.36. The maximum atomic E-state index is 7.36. The van der Waals surface area contributed by atoms with Crippen molar-refractivity contribution in [1.29, 1.82) is 5.41 Å². The maximum Gasteiger partial charge on any atom is 0.226 e. The fraction of sp³-hybridized carbons (Fsp3) is 0.273. The first-order valence-electron chi connectivity index (χ1n) is 5.35. The second-order valence-corrected chi connectivity index (χ2v) is 4.81. The van der Waals surface area contributed by atoms with E-state index in [-0.39, 0.29) is 5.84 Å². The van der Waals surface area contributed by atoms with Crippen LogP contribution in [0.1, 0.15) is 16.3 Å². The van der Waals surface area contributed by atoms with Crippen molar-refractivity contribution in [2.45, 2.75) is 13.5 Å². The lowest BCUT2D eigenvalue weighted by Gasteiger charge is -2.16. The molecular formula is C11H14N6S. The van der Waals surface area contributed by atoms with E-state index in [0.29, 0.717) is 18.2 Å². The molecule has 18 heavy (non-hydrogen) atoms. The summed E-state index contributed by atoms with van der Waals surface area (Å²) in [5.74, 6) is 0.497. The number of hydrogen-bond acceptors (Lipinski definition) is 6. The summed E-state index contributed by atoms with van der Waals surface area (Å²) in [6.07, 6.45) is 1.61. The molecule has 0 aliphatic carbocycles. The number of aromatic nitrogens is 3. The number of rotatable bonds is 4. The lowest BCUT2D eigenvalue weighted by Crippen LogP contribution is -2.21. The van der Waals surface area contributed by atoms with Gasteiger partial charge in [0.1, 0.15) is 11.5 Å². The van der Waals surface area contributed by atoms with Crippen LogP contribution in [0.15, 0.2) is 17.8 Å². The van der Waals surface area contributed by atoms with Crippen LogP contribution in [0, 0.1) is 12.3 Å². The molecule has 0 bridgehead atoms. The molecular weight excluding hydrogens is 248 g/mol. The van der Waals surface area contributed by atoms with E-state index in [4.69, 9.17) is 11.1 Å². The Morgan fingerprint density at radius 2 is 2.28 bits per heavy atom. The van der Waals surface area contributed by atoms with Crippen LogP contribution in [0.3, 0.4) is 0 Å². The van der Waals surface area contributed by atoms with Gasteiger partial charge in [-0.05, 0) is 13.0 Å². The molecule has 0 spiro atoms. The molecule has 94 valence electrons. The van der Waals surface area contributed by atoms with Crippen LogP contribution < -0.4 is 10.6 Å². The number of hydrogen-bond donors (Lipinski definition) is 2. The molecule has 0 saturated heterocycles. The van der Waals surface area contributed by atoms with E-state index in [2.05, 4.69) is 15.0 Å². The van der Waals surface area contributed by atoms with Crippen LogP contribution in [-0.4, -0.2) is 27.8 Å². The minimum atomic E-state index is -0.0546.